The molecular formula is C28H22N6O3. The predicted molar refractivity (Wildman–Crippen MR) is 140 cm³/mol. The molecule has 1 aliphatic rings. The second kappa shape index (κ2) is 8.06. The molecule has 182 valence electrons. The first-order valence-corrected chi connectivity index (χ1v) is 12.0. The monoisotopic (exact) mass is 490 g/mol. The molecule has 0 bridgehead atoms. The zero-order valence-electron chi connectivity index (χ0n) is 20.2. The summed E-state index contributed by atoms with van der Waals surface area (Å²) >= 11 is 0. The van der Waals surface area contributed by atoms with Gasteiger partial charge in [-0.25, -0.2) is 0 Å². The van der Waals surface area contributed by atoms with Gasteiger partial charge in [0.25, 0.3) is 0 Å². The van der Waals surface area contributed by atoms with Crippen LogP contribution < -0.4 is 9.80 Å². The summed E-state index contributed by atoms with van der Waals surface area (Å²) in [5, 5.41) is 4.48. The number of oxazole rings is 2. The third-order valence-electron chi connectivity index (χ3n) is 6.66. The van der Waals surface area contributed by atoms with Gasteiger partial charge in [0.05, 0.1) is 23.6 Å². The lowest BCUT2D eigenvalue weighted by Gasteiger charge is -2.40. The topological polar surface area (TPSA) is 93.4 Å². The molecule has 6 aromatic rings. The molecule has 4 heterocycles. The molecule has 1 amide bonds. The molecule has 3 aromatic heterocycles. The zero-order chi connectivity index (χ0) is 25.1. The van der Waals surface area contributed by atoms with Crippen LogP contribution in [0.2, 0.25) is 0 Å². The van der Waals surface area contributed by atoms with Crippen molar-refractivity contribution in [3.63, 3.8) is 0 Å². The molecule has 0 radical (unpaired) electrons. The molecule has 7 rings (SSSR count). The Morgan fingerprint density at radius 1 is 0.865 bits per heavy atom. The number of fused-ring (bicyclic) bond motifs is 3. The van der Waals surface area contributed by atoms with E-state index in [-0.39, 0.29) is 11.9 Å². The minimum atomic E-state index is -0.0622. The minimum absolute atomic E-state index is 0.0116. The molecule has 1 atom stereocenters. The van der Waals surface area contributed by atoms with Crippen molar-refractivity contribution in [2.24, 2.45) is 0 Å². The van der Waals surface area contributed by atoms with E-state index in [1.54, 1.807) is 17.8 Å². The van der Waals surface area contributed by atoms with Crippen LogP contribution in [0.15, 0.2) is 88.0 Å². The third-order valence-corrected chi connectivity index (χ3v) is 6.66. The van der Waals surface area contributed by atoms with E-state index in [0.717, 1.165) is 39.1 Å². The Hall–Kier alpha value is -4.92. The van der Waals surface area contributed by atoms with Crippen LogP contribution in [0.4, 0.5) is 17.4 Å². The Kier molecular flexibility index (Phi) is 4.65. The van der Waals surface area contributed by atoms with Crippen molar-refractivity contribution in [1.29, 1.82) is 0 Å². The van der Waals surface area contributed by atoms with Gasteiger partial charge in [-0.1, -0.05) is 30.3 Å². The van der Waals surface area contributed by atoms with Crippen LogP contribution in [0, 0.1) is 0 Å². The Morgan fingerprint density at radius 3 is 2.24 bits per heavy atom. The number of amides is 1. The van der Waals surface area contributed by atoms with Gasteiger partial charge in [-0.05, 0) is 48.9 Å². The Morgan fingerprint density at radius 2 is 1.54 bits per heavy atom. The van der Waals surface area contributed by atoms with E-state index in [9.17, 15) is 4.79 Å². The van der Waals surface area contributed by atoms with Crippen molar-refractivity contribution >= 4 is 45.5 Å². The quantitative estimate of drug-likeness (QED) is 0.313. The molecule has 0 saturated heterocycles. The van der Waals surface area contributed by atoms with Crippen molar-refractivity contribution in [2.45, 2.75) is 19.9 Å². The number of nitrogens with zero attached hydrogens (tertiary/aromatic N) is 6. The SMILES string of the molecule is CC(=O)N1c2ccc(-c3cnn(-c4nc5ccccc5o4)c3)cc2N(c2nc3ccccc3o2)CC1C. The maximum absolute atomic E-state index is 12.6. The second-order valence-corrected chi connectivity index (χ2v) is 9.15. The normalized spacial score (nSPS) is 15.5. The highest BCUT2D eigenvalue weighted by Gasteiger charge is 2.33. The predicted octanol–water partition coefficient (Wildman–Crippen LogP) is 5.71. The van der Waals surface area contributed by atoms with Gasteiger partial charge in [-0.2, -0.15) is 19.7 Å². The van der Waals surface area contributed by atoms with E-state index >= 15 is 0 Å². The number of para-hydroxylation sites is 4. The first-order chi connectivity index (χ1) is 18.0. The Bertz CT molecular complexity index is 1730. The van der Waals surface area contributed by atoms with Crippen molar-refractivity contribution in [1.82, 2.24) is 19.7 Å². The van der Waals surface area contributed by atoms with Crippen LogP contribution >= 0.6 is 0 Å². The van der Waals surface area contributed by atoms with E-state index in [1.807, 2.05) is 89.7 Å². The van der Waals surface area contributed by atoms with Gasteiger partial charge in [0.15, 0.2) is 11.2 Å². The highest BCUT2D eigenvalue weighted by molar-refractivity contribution is 5.99. The standard InChI is InChI=1S/C28H22N6O3/c1-17-15-32(27-30-21-7-3-5-9-25(21)36-27)24-13-19(11-12-23(24)34(17)18(2)35)20-14-29-33(16-20)28-31-22-8-4-6-10-26(22)37-28/h3-14,16-17H,15H2,1-2H3. The fourth-order valence-corrected chi connectivity index (χ4v) is 4.98. The summed E-state index contributed by atoms with van der Waals surface area (Å²) in [4.78, 5) is 25.7. The van der Waals surface area contributed by atoms with Crippen molar-refractivity contribution in [3.05, 3.63) is 79.1 Å². The van der Waals surface area contributed by atoms with Gasteiger partial charge in [0, 0.05) is 25.2 Å². The summed E-state index contributed by atoms with van der Waals surface area (Å²) in [6.07, 6.45) is 3.65. The van der Waals surface area contributed by atoms with E-state index < -0.39 is 0 Å². The number of benzene rings is 3. The van der Waals surface area contributed by atoms with E-state index in [1.165, 1.54) is 0 Å². The highest BCUT2D eigenvalue weighted by Crippen LogP contribution is 2.42. The molecule has 9 heteroatoms. The third kappa shape index (κ3) is 3.47. The smallest absolute Gasteiger partial charge is 0.323 e. The van der Waals surface area contributed by atoms with E-state index in [4.69, 9.17) is 13.8 Å². The number of hydrogen-bond acceptors (Lipinski definition) is 7. The van der Waals surface area contributed by atoms with Gasteiger partial charge in [-0.15, -0.1) is 0 Å². The average molecular weight is 491 g/mol. The summed E-state index contributed by atoms with van der Waals surface area (Å²) in [5.74, 6) is -0.0116. The maximum Gasteiger partial charge on any atom is 0.323 e. The summed E-state index contributed by atoms with van der Waals surface area (Å²) < 4.78 is 13.6. The molecule has 0 spiro atoms. The molecule has 1 unspecified atom stereocenters. The van der Waals surface area contributed by atoms with Crippen molar-refractivity contribution in [2.75, 3.05) is 16.3 Å². The first-order valence-electron chi connectivity index (χ1n) is 12.0. The number of carbonyl (C=O) groups excluding carboxylic acids is 1. The fourth-order valence-electron chi connectivity index (χ4n) is 4.98. The largest absolute Gasteiger partial charge is 0.423 e. The van der Waals surface area contributed by atoms with Crippen molar-refractivity contribution < 1.29 is 13.6 Å². The van der Waals surface area contributed by atoms with Crippen LogP contribution in [0.1, 0.15) is 13.8 Å². The highest BCUT2D eigenvalue weighted by atomic mass is 16.4. The summed E-state index contributed by atoms with van der Waals surface area (Å²) in [6, 6.07) is 22.1. The van der Waals surface area contributed by atoms with Crippen LogP contribution in [-0.4, -0.2) is 38.2 Å². The van der Waals surface area contributed by atoms with Gasteiger partial charge >= 0.3 is 12.0 Å². The number of carbonyl (C=O) groups is 1. The fraction of sp³-hybridized carbons (Fsp3) is 0.143. The summed E-state index contributed by atoms with van der Waals surface area (Å²) in [7, 11) is 0. The molecule has 0 N–H and O–H groups in total. The Balaban J connectivity index is 1.32. The van der Waals surface area contributed by atoms with Crippen LogP contribution in [0.25, 0.3) is 39.3 Å². The minimum Gasteiger partial charge on any atom is -0.423 e. The summed E-state index contributed by atoms with van der Waals surface area (Å²) in [5.41, 5.74) is 6.45. The zero-order valence-corrected chi connectivity index (χ0v) is 20.2. The summed E-state index contributed by atoms with van der Waals surface area (Å²) in [6.45, 7) is 4.16. The lowest BCUT2D eigenvalue weighted by atomic mass is 10.0. The lowest BCUT2D eigenvalue weighted by Crippen LogP contribution is -2.48. The number of rotatable bonds is 3. The lowest BCUT2D eigenvalue weighted by molar-refractivity contribution is -0.117. The molecule has 3 aromatic carbocycles. The number of anilines is 3. The van der Waals surface area contributed by atoms with Gasteiger partial charge in [0.1, 0.15) is 11.0 Å². The molecule has 0 fully saturated rings. The van der Waals surface area contributed by atoms with Crippen LogP contribution in [0.5, 0.6) is 0 Å². The van der Waals surface area contributed by atoms with Crippen LogP contribution in [-0.2, 0) is 4.79 Å². The average Bonchev–Trinajstić information content (AvgIpc) is 3.65. The molecule has 37 heavy (non-hydrogen) atoms. The number of aromatic nitrogens is 4. The van der Waals surface area contributed by atoms with Gasteiger partial charge in [-0.3, -0.25) is 9.69 Å². The van der Waals surface area contributed by atoms with Crippen LogP contribution in [0.3, 0.4) is 0 Å². The molecule has 0 saturated carbocycles. The molecule has 9 nitrogen and oxygen atoms in total. The first kappa shape index (κ1) is 21.4. The van der Waals surface area contributed by atoms with Crippen molar-refractivity contribution in [3.8, 4) is 17.1 Å². The van der Waals surface area contributed by atoms with Gasteiger partial charge in [0.2, 0.25) is 5.91 Å². The molecule has 1 aliphatic heterocycles. The number of hydrogen-bond donors (Lipinski definition) is 0. The molecule has 0 aliphatic carbocycles. The second-order valence-electron chi connectivity index (χ2n) is 9.15. The Labute approximate surface area is 211 Å². The van der Waals surface area contributed by atoms with E-state index in [0.29, 0.717) is 24.2 Å². The van der Waals surface area contributed by atoms with E-state index in [2.05, 4.69) is 10.1 Å². The molecular weight excluding hydrogens is 468 g/mol. The maximum atomic E-state index is 12.6. The van der Waals surface area contributed by atoms with Gasteiger partial charge < -0.3 is 13.7 Å².